The summed E-state index contributed by atoms with van der Waals surface area (Å²) in [6, 6.07) is 4.17. The molecule has 2 amide bonds. The first-order valence-electron chi connectivity index (χ1n) is 6.05. The summed E-state index contributed by atoms with van der Waals surface area (Å²) in [5.41, 5.74) is 4.99. The predicted octanol–water partition coefficient (Wildman–Crippen LogP) is 0.632. The molecule has 1 aromatic carbocycles. The van der Waals surface area contributed by atoms with Crippen molar-refractivity contribution in [2.45, 2.75) is 13.3 Å². The summed E-state index contributed by atoms with van der Waals surface area (Å²) in [5.74, 6) is -1.28. The van der Waals surface area contributed by atoms with Crippen molar-refractivity contribution in [2.24, 2.45) is 5.73 Å². The van der Waals surface area contributed by atoms with Crippen LogP contribution in [0.4, 0.5) is 11.4 Å². The SMILES string of the molecule is CCCNc1c(C(=O)NCC(N)=O)cccc1[N+](=O)[O-]. The highest BCUT2D eigenvalue weighted by atomic mass is 16.6. The number of anilines is 1. The zero-order valence-corrected chi connectivity index (χ0v) is 11.0. The van der Waals surface area contributed by atoms with Crippen molar-refractivity contribution in [1.29, 1.82) is 0 Å². The molecule has 0 saturated carbocycles. The van der Waals surface area contributed by atoms with Crippen LogP contribution in [0.1, 0.15) is 23.7 Å². The molecule has 8 nitrogen and oxygen atoms in total. The highest BCUT2D eigenvalue weighted by molar-refractivity contribution is 6.02. The van der Waals surface area contributed by atoms with Gasteiger partial charge in [-0.05, 0) is 12.5 Å². The second kappa shape index (κ2) is 7.07. The van der Waals surface area contributed by atoms with Crippen LogP contribution in [0.2, 0.25) is 0 Å². The number of nitrogens with zero attached hydrogens (tertiary/aromatic N) is 1. The van der Waals surface area contributed by atoms with Gasteiger partial charge < -0.3 is 16.4 Å². The molecule has 4 N–H and O–H groups in total. The fourth-order valence-electron chi connectivity index (χ4n) is 1.58. The standard InChI is InChI=1S/C12H16N4O4/c1-2-6-14-11-8(12(18)15-7-10(13)17)4-3-5-9(11)16(19)20/h3-5,14H,2,6-7H2,1H3,(H2,13,17)(H,15,18). The molecular weight excluding hydrogens is 264 g/mol. The Kier molecular flexibility index (Phi) is 5.45. The van der Waals surface area contributed by atoms with Crippen LogP contribution in [0.3, 0.4) is 0 Å². The molecule has 1 aromatic rings. The molecule has 20 heavy (non-hydrogen) atoms. The van der Waals surface area contributed by atoms with Crippen LogP contribution in [0, 0.1) is 10.1 Å². The summed E-state index contributed by atoms with van der Waals surface area (Å²) in [6.07, 6.45) is 0.744. The molecule has 0 fully saturated rings. The number of hydrogen-bond acceptors (Lipinski definition) is 5. The molecule has 0 aliphatic rings. The Hall–Kier alpha value is -2.64. The van der Waals surface area contributed by atoms with Crippen LogP contribution < -0.4 is 16.4 Å². The summed E-state index contributed by atoms with van der Waals surface area (Å²) in [4.78, 5) is 33.0. The molecule has 0 spiro atoms. The minimum absolute atomic E-state index is 0.105. The first-order valence-corrected chi connectivity index (χ1v) is 6.05. The lowest BCUT2D eigenvalue weighted by atomic mass is 10.1. The zero-order chi connectivity index (χ0) is 15.1. The summed E-state index contributed by atoms with van der Waals surface area (Å²) in [5, 5.41) is 16.2. The predicted molar refractivity (Wildman–Crippen MR) is 73.4 cm³/mol. The van der Waals surface area contributed by atoms with Crippen molar-refractivity contribution < 1.29 is 14.5 Å². The van der Waals surface area contributed by atoms with Gasteiger partial charge in [0.15, 0.2) is 0 Å². The van der Waals surface area contributed by atoms with Crippen molar-refractivity contribution in [1.82, 2.24) is 5.32 Å². The van der Waals surface area contributed by atoms with Crippen LogP contribution in [0.15, 0.2) is 18.2 Å². The molecule has 0 bridgehead atoms. The van der Waals surface area contributed by atoms with Crippen molar-refractivity contribution in [3.8, 4) is 0 Å². The Labute approximate surface area is 115 Å². The lowest BCUT2D eigenvalue weighted by Gasteiger charge is -2.11. The van der Waals surface area contributed by atoms with Gasteiger partial charge in [-0.3, -0.25) is 19.7 Å². The number of nitro benzene ring substituents is 1. The van der Waals surface area contributed by atoms with Gasteiger partial charge in [0.1, 0.15) is 5.69 Å². The number of nitrogens with two attached hydrogens (primary N) is 1. The van der Waals surface area contributed by atoms with E-state index in [9.17, 15) is 19.7 Å². The summed E-state index contributed by atoms with van der Waals surface area (Å²) in [7, 11) is 0. The Morgan fingerprint density at radius 3 is 2.65 bits per heavy atom. The van der Waals surface area contributed by atoms with E-state index in [1.54, 1.807) is 0 Å². The maximum Gasteiger partial charge on any atom is 0.293 e. The van der Waals surface area contributed by atoms with E-state index in [0.717, 1.165) is 6.42 Å². The minimum atomic E-state index is -0.688. The fourth-order valence-corrected chi connectivity index (χ4v) is 1.58. The highest BCUT2D eigenvalue weighted by Crippen LogP contribution is 2.28. The van der Waals surface area contributed by atoms with Gasteiger partial charge in [0.2, 0.25) is 5.91 Å². The molecular formula is C12H16N4O4. The van der Waals surface area contributed by atoms with E-state index in [1.807, 2.05) is 6.92 Å². The van der Waals surface area contributed by atoms with E-state index in [2.05, 4.69) is 10.6 Å². The smallest absolute Gasteiger partial charge is 0.293 e. The monoisotopic (exact) mass is 280 g/mol. The molecule has 0 radical (unpaired) electrons. The van der Waals surface area contributed by atoms with E-state index in [4.69, 9.17) is 5.73 Å². The lowest BCUT2D eigenvalue weighted by Crippen LogP contribution is -2.33. The summed E-state index contributed by atoms with van der Waals surface area (Å²) < 4.78 is 0. The van der Waals surface area contributed by atoms with Crippen molar-refractivity contribution in [2.75, 3.05) is 18.4 Å². The Morgan fingerprint density at radius 1 is 1.40 bits per heavy atom. The van der Waals surface area contributed by atoms with Crippen LogP contribution in [-0.4, -0.2) is 29.8 Å². The number of amides is 2. The van der Waals surface area contributed by atoms with Crippen molar-refractivity contribution >= 4 is 23.2 Å². The van der Waals surface area contributed by atoms with E-state index in [1.165, 1.54) is 18.2 Å². The number of benzene rings is 1. The second-order valence-corrected chi connectivity index (χ2v) is 4.03. The first-order chi connectivity index (χ1) is 9.47. The van der Waals surface area contributed by atoms with Crippen LogP contribution in [0.25, 0.3) is 0 Å². The molecule has 0 aliphatic carbocycles. The van der Waals surface area contributed by atoms with Gasteiger partial charge in [0.25, 0.3) is 11.6 Å². The number of nitrogens with one attached hydrogen (secondary N) is 2. The number of para-hydroxylation sites is 1. The second-order valence-electron chi connectivity index (χ2n) is 4.03. The third-order valence-electron chi connectivity index (χ3n) is 2.46. The number of primary amides is 1. The van der Waals surface area contributed by atoms with Gasteiger partial charge in [-0.25, -0.2) is 0 Å². The first kappa shape index (κ1) is 15.4. The molecule has 0 atom stereocenters. The Morgan fingerprint density at radius 2 is 2.10 bits per heavy atom. The number of hydrogen-bond donors (Lipinski definition) is 3. The minimum Gasteiger partial charge on any atom is -0.379 e. The zero-order valence-electron chi connectivity index (χ0n) is 11.0. The molecule has 0 unspecified atom stereocenters. The molecule has 1 rings (SSSR count). The maximum atomic E-state index is 11.9. The maximum absolute atomic E-state index is 11.9. The third-order valence-corrected chi connectivity index (χ3v) is 2.46. The highest BCUT2D eigenvalue weighted by Gasteiger charge is 2.21. The topological polar surface area (TPSA) is 127 Å². The summed E-state index contributed by atoms with van der Waals surface area (Å²) in [6.45, 7) is 2.06. The Balaban J connectivity index is 3.10. The molecule has 0 saturated heterocycles. The van der Waals surface area contributed by atoms with E-state index in [0.29, 0.717) is 6.54 Å². The van der Waals surface area contributed by atoms with Gasteiger partial charge in [-0.15, -0.1) is 0 Å². The van der Waals surface area contributed by atoms with E-state index in [-0.39, 0.29) is 23.5 Å². The van der Waals surface area contributed by atoms with Crippen LogP contribution >= 0.6 is 0 Å². The van der Waals surface area contributed by atoms with Gasteiger partial charge in [0.05, 0.1) is 17.0 Å². The molecule has 108 valence electrons. The van der Waals surface area contributed by atoms with Gasteiger partial charge >= 0.3 is 0 Å². The number of carbonyl (C=O) groups excluding carboxylic acids is 2. The number of nitro groups is 1. The lowest BCUT2D eigenvalue weighted by molar-refractivity contribution is -0.384. The van der Waals surface area contributed by atoms with Gasteiger partial charge in [0, 0.05) is 12.6 Å². The van der Waals surface area contributed by atoms with Crippen LogP contribution in [-0.2, 0) is 4.79 Å². The molecule has 0 heterocycles. The molecule has 0 aromatic heterocycles. The number of carbonyl (C=O) groups is 2. The fraction of sp³-hybridized carbons (Fsp3) is 0.333. The van der Waals surface area contributed by atoms with Gasteiger partial charge in [-0.2, -0.15) is 0 Å². The van der Waals surface area contributed by atoms with Crippen molar-refractivity contribution in [3.05, 3.63) is 33.9 Å². The van der Waals surface area contributed by atoms with Gasteiger partial charge in [-0.1, -0.05) is 13.0 Å². The largest absolute Gasteiger partial charge is 0.379 e. The van der Waals surface area contributed by atoms with Crippen LogP contribution in [0.5, 0.6) is 0 Å². The Bertz CT molecular complexity index is 530. The van der Waals surface area contributed by atoms with Crippen molar-refractivity contribution in [3.63, 3.8) is 0 Å². The third kappa shape index (κ3) is 3.94. The van der Waals surface area contributed by atoms with E-state index >= 15 is 0 Å². The van der Waals surface area contributed by atoms with E-state index < -0.39 is 16.7 Å². The number of rotatable bonds is 7. The molecule has 8 heteroatoms. The normalized spacial score (nSPS) is 9.85. The molecule has 0 aliphatic heterocycles. The average molecular weight is 280 g/mol. The quantitative estimate of drug-likeness (QED) is 0.498. The average Bonchev–Trinajstić information content (AvgIpc) is 2.41. The summed E-state index contributed by atoms with van der Waals surface area (Å²) >= 11 is 0.